The standard InChI is InChI=1S/C29H37NO9S/c1-18-11-13-21(14-12-18)40(31,32)33-17-20-15-22(30(39-20)16-19-9-7-6-8-10-19)23-24-25(36-28(2,3)35-24)26-27(34-23)38-29(4,5)37-26/h6-14,20,22-27H,15-17H2,1-5H3/t20?,22-,23-,24+,25+,26-,27-/m1/s1. The molecule has 0 amide bonds. The maximum Gasteiger partial charge on any atom is 0.297 e. The van der Waals surface area contributed by atoms with Crippen LogP contribution in [0.1, 0.15) is 45.2 Å². The van der Waals surface area contributed by atoms with E-state index in [9.17, 15) is 8.42 Å². The second-order valence-corrected chi connectivity index (χ2v) is 13.4. The molecule has 0 N–H and O–H groups in total. The van der Waals surface area contributed by atoms with Crippen LogP contribution in [0.5, 0.6) is 0 Å². The molecule has 0 saturated carbocycles. The first-order valence-electron chi connectivity index (χ1n) is 13.7. The molecule has 40 heavy (non-hydrogen) atoms. The predicted molar refractivity (Wildman–Crippen MR) is 142 cm³/mol. The van der Waals surface area contributed by atoms with Crippen molar-refractivity contribution in [3.05, 3.63) is 65.7 Å². The topological polar surface area (TPSA) is 102 Å². The van der Waals surface area contributed by atoms with Crippen molar-refractivity contribution in [2.75, 3.05) is 6.61 Å². The van der Waals surface area contributed by atoms with E-state index in [4.69, 9.17) is 32.7 Å². The van der Waals surface area contributed by atoms with Crippen molar-refractivity contribution in [3.63, 3.8) is 0 Å². The SMILES string of the molecule is Cc1ccc(S(=O)(=O)OCC2C[C@H]([C@H]3O[C@@H]4OC(C)(C)O[C@@H]4[C@H]4OC(C)(C)O[C@H]43)N(Cc3ccccc3)O2)cc1. The molecule has 4 fully saturated rings. The van der Waals surface area contributed by atoms with E-state index in [2.05, 4.69) is 0 Å². The van der Waals surface area contributed by atoms with Crippen molar-refractivity contribution in [2.24, 2.45) is 0 Å². The number of hydrogen-bond donors (Lipinski definition) is 0. The third-order valence-electron chi connectivity index (χ3n) is 7.63. The van der Waals surface area contributed by atoms with Crippen LogP contribution in [0, 0.1) is 6.92 Å². The molecule has 0 radical (unpaired) electrons. The molecule has 0 spiro atoms. The highest BCUT2D eigenvalue weighted by Crippen LogP contribution is 2.46. The smallest absolute Gasteiger partial charge is 0.297 e. The normalized spacial score (nSPS) is 35.0. The summed E-state index contributed by atoms with van der Waals surface area (Å²) in [5, 5.41) is 1.85. The largest absolute Gasteiger partial charge is 0.342 e. The van der Waals surface area contributed by atoms with Crippen LogP contribution in [0.3, 0.4) is 0 Å². The number of fused-ring (bicyclic) bond motifs is 3. The van der Waals surface area contributed by atoms with Gasteiger partial charge in [0, 0.05) is 6.54 Å². The van der Waals surface area contributed by atoms with E-state index in [1.54, 1.807) is 24.3 Å². The van der Waals surface area contributed by atoms with Gasteiger partial charge in [-0.25, -0.2) is 0 Å². The summed E-state index contributed by atoms with van der Waals surface area (Å²) in [4.78, 5) is 6.44. The molecule has 4 aliphatic heterocycles. The summed E-state index contributed by atoms with van der Waals surface area (Å²) in [6, 6.07) is 16.2. The number of aryl methyl sites for hydroxylation is 1. The Kier molecular flexibility index (Phi) is 7.34. The van der Waals surface area contributed by atoms with Gasteiger partial charge in [0.1, 0.15) is 30.5 Å². The number of hydrogen-bond acceptors (Lipinski definition) is 10. The van der Waals surface area contributed by atoms with Crippen molar-refractivity contribution in [3.8, 4) is 0 Å². The van der Waals surface area contributed by atoms with Gasteiger partial charge in [0.2, 0.25) is 0 Å². The molecule has 0 aromatic heterocycles. The number of hydroxylamine groups is 2. The first kappa shape index (κ1) is 28.2. The van der Waals surface area contributed by atoms with Crippen molar-refractivity contribution in [1.29, 1.82) is 0 Å². The molecule has 0 bridgehead atoms. The average molecular weight is 576 g/mol. The lowest BCUT2D eigenvalue weighted by atomic mass is 9.91. The van der Waals surface area contributed by atoms with E-state index in [0.29, 0.717) is 13.0 Å². The van der Waals surface area contributed by atoms with Crippen molar-refractivity contribution in [1.82, 2.24) is 5.06 Å². The van der Waals surface area contributed by atoms with Crippen LogP contribution in [-0.2, 0) is 49.4 Å². The van der Waals surface area contributed by atoms with Crippen LogP contribution in [0.25, 0.3) is 0 Å². The van der Waals surface area contributed by atoms with Gasteiger partial charge < -0.3 is 23.7 Å². The molecule has 7 atom stereocenters. The van der Waals surface area contributed by atoms with E-state index in [-0.39, 0.29) is 17.5 Å². The van der Waals surface area contributed by atoms with Gasteiger partial charge in [0.25, 0.3) is 10.1 Å². The lowest BCUT2D eigenvalue weighted by molar-refractivity contribution is -0.265. The molecule has 218 valence electrons. The molecule has 1 unspecified atom stereocenters. The van der Waals surface area contributed by atoms with Crippen LogP contribution >= 0.6 is 0 Å². The zero-order valence-electron chi connectivity index (χ0n) is 23.4. The van der Waals surface area contributed by atoms with Crippen molar-refractivity contribution < 1.29 is 41.1 Å². The van der Waals surface area contributed by atoms with E-state index in [0.717, 1.165) is 11.1 Å². The zero-order chi connectivity index (χ0) is 28.3. The molecule has 4 aliphatic rings. The molecular formula is C29H37NO9S. The summed E-state index contributed by atoms with van der Waals surface area (Å²) in [5.74, 6) is -1.67. The Hall–Kier alpha value is -1.93. The molecule has 2 aromatic rings. The summed E-state index contributed by atoms with van der Waals surface area (Å²) >= 11 is 0. The highest BCUT2D eigenvalue weighted by atomic mass is 32.2. The Balaban J connectivity index is 1.24. The van der Waals surface area contributed by atoms with Crippen LogP contribution in [0.15, 0.2) is 59.5 Å². The number of ether oxygens (including phenoxy) is 5. The Morgan fingerprint density at radius 1 is 0.850 bits per heavy atom. The molecular weight excluding hydrogens is 538 g/mol. The Morgan fingerprint density at radius 3 is 2.17 bits per heavy atom. The minimum Gasteiger partial charge on any atom is -0.342 e. The third kappa shape index (κ3) is 5.72. The van der Waals surface area contributed by atoms with Gasteiger partial charge in [-0.2, -0.15) is 13.5 Å². The minimum absolute atomic E-state index is 0.109. The number of benzene rings is 2. The highest BCUT2D eigenvalue weighted by molar-refractivity contribution is 7.86. The van der Waals surface area contributed by atoms with E-state index in [1.165, 1.54) is 0 Å². The van der Waals surface area contributed by atoms with Gasteiger partial charge in [-0.05, 0) is 58.7 Å². The second kappa shape index (κ2) is 10.4. The maximum absolute atomic E-state index is 12.9. The van der Waals surface area contributed by atoms with E-state index in [1.807, 2.05) is 70.0 Å². The Labute approximate surface area is 235 Å². The van der Waals surface area contributed by atoms with Gasteiger partial charge in [0.15, 0.2) is 17.9 Å². The lowest BCUT2D eigenvalue weighted by Crippen LogP contribution is -2.60. The Morgan fingerprint density at radius 2 is 1.48 bits per heavy atom. The van der Waals surface area contributed by atoms with Crippen LogP contribution in [0.2, 0.25) is 0 Å². The molecule has 4 heterocycles. The summed E-state index contributed by atoms with van der Waals surface area (Å²) in [6.45, 7) is 9.67. The van der Waals surface area contributed by atoms with Crippen LogP contribution < -0.4 is 0 Å². The molecule has 4 saturated heterocycles. The third-order valence-corrected chi connectivity index (χ3v) is 8.92. The first-order chi connectivity index (χ1) is 18.9. The molecule has 10 nitrogen and oxygen atoms in total. The molecule has 11 heteroatoms. The van der Waals surface area contributed by atoms with E-state index >= 15 is 0 Å². The number of rotatable bonds is 7. The minimum atomic E-state index is -3.95. The fourth-order valence-electron chi connectivity index (χ4n) is 5.90. The van der Waals surface area contributed by atoms with E-state index < -0.39 is 58.5 Å². The maximum atomic E-state index is 12.9. The fourth-order valence-corrected chi connectivity index (χ4v) is 6.84. The van der Waals surface area contributed by atoms with Crippen molar-refractivity contribution >= 4 is 10.1 Å². The summed E-state index contributed by atoms with van der Waals surface area (Å²) in [7, 11) is -3.95. The zero-order valence-corrected chi connectivity index (χ0v) is 24.2. The molecule has 2 aromatic carbocycles. The van der Waals surface area contributed by atoms with Gasteiger partial charge in [-0.15, -0.1) is 0 Å². The highest BCUT2D eigenvalue weighted by Gasteiger charge is 2.63. The number of nitrogens with zero attached hydrogens (tertiary/aromatic N) is 1. The predicted octanol–water partition coefficient (Wildman–Crippen LogP) is 3.67. The fraction of sp³-hybridized carbons (Fsp3) is 0.586. The molecule has 0 aliphatic carbocycles. The average Bonchev–Trinajstić information content (AvgIpc) is 3.54. The summed E-state index contributed by atoms with van der Waals surface area (Å²) in [5.41, 5.74) is 2.00. The van der Waals surface area contributed by atoms with Crippen molar-refractivity contribution in [2.45, 2.75) is 107 Å². The van der Waals surface area contributed by atoms with Gasteiger partial charge >= 0.3 is 0 Å². The van der Waals surface area contributed by atoms with Gasteiger partial charge in [-0.3, -0.25) is 9.02 Å². The summed E-state index contributed by atoms with van der Waals surface area (Å²) in [6.07, 6.45) is -2.51. The monoisotopic (exact) mass is 575 g/mol. The van der Waals surface area contributed by atoms with Crippen LogP contribution in [0.4, 0.5) is 0 Å². The first-order valence-corrected chi connectivity index (χ1v) is 15.1. The second-order valence-electron chi connectivity index (χ2n) is 11.8. The quantitative estimate of drug-likeness (QED) is 0.455. The van der Waals surface area contributed by atoms with Gasteiger partial charge in [-0.1, -0.05) is 48.0 Å². The molecule has 6 rings (SSSR count). The van der Waals surface area contributed by atoms with Crippen LogP contribution in [-0.4, -0.2) is 74.5 Å². The lowest BCUT2D eigenvalue weighted by Gasteiger charge is -2.41. The Bertz CT molecular complexity index is 1300. The summed E-state index contributed by atoms with van der Waals surface area (Å²) < 4.78 is 62.7. The van der Waals surface area contributed by atoms with Gasteiger partial charge in [0.05, 0.1) is 17.5 Å².